The van der Waals surface area contributed by atoms with E-state index in [4.69, 9.17) is 4.74 Å². The Labute approximate surface area is 198 Å². The fourth-order valence-electron chi connectivity index (χ4n) is 4.42. The first-order valence-corrected chi connectivity index (χ1v) is 10.8. The van der Waals surface area contributed by atoms with Gasteiger partial charge < -0.3 is 9.64 Å². The van der Waals surface area contributed by atoms with Crippen molar-refractivity contribution in [1.29, 1.82) is 0 Å². The van der Waals surface area contributed by atoms with Crippen LogP contribution >= 0.6 is 0 Å². The average molecular weight is 483 g/mol. The van der Waals surface area contributed by atoms with Crippen molar-refractivity contribution >= 4 is 29.3 Å². The summed E-state index contributed by atoms with van der Waals surface area (Å²) in [7, 11) is 0. The van der Waals surface area contributed by atoms with Gasteiger partial charge in [0.15, 0.2) is 5.82 Å². The van der Waals surface area contributed by atoms with Gasteiger partial charge >= 0.3 is 18.2 Å². The molecule has 4 heterocycles. The Morgan fingerprint density at radius 3 is 2.63 bits per heavy atom. The first-order valence-electron chi connectivity index (χ1n) is 10.8. The van der Waals surface area contributed by atoms with Crippen molar-refractivity contribution in [3.63, 3.8) is 0 Å². The zero-order chi connectivity index (χ0) is 24.7. The summed E-state index contributed by atoms with van der Waals surface area (Å²) in [5, 5.41) is 2.73. The van der Waals surface area contributed by atoms with Crippen LogP contribution in [0.3, 0.4) is 0 Å². The van der Waals surface area contributed by atoms with Crippen LogP contribution in [0.2, 0.25) is 0 Å². The number of ether oxygens (including phenoxy) is 1. The highest BCUT2D eigenvalue weighted by Gasteiger charge is 2.48. The Hall–Kier alpha value is -4.15. The van der Waals surface area contributed by atoms with E-state index in [1.54, 1.807) is 30.3 Å². The molecule has 2 bridgehead atoms. The number of amides is 2. The van der Waals surface area contributed by atoms with Gasteiger partial charge in [-0.3, -0.25) is 15.0 Å². The lowest BCUT2D eigenvalue weighted by Gasteiger charge is -2.36. The summed E-state index contributed by atoms with van der Waals surface area (Å²) in [6.07, 6.45) is -3.57. The van der Waals surface area contributed by atoms with Gasteiger partial charge in [0.1, 0.15) is 11.9 Å². The number of nitrogens with zero attached hydrogens (tertiary/aromatic N) is 4. The predicted octanol–water partition coefficient (Wildman–Crippen LogP) is 4.33. The molecule has 1 aromatic carbocycles. The Morgan fingerprint density at radius 1 is 1.09 bits per heavy atom. The topological polar surface area (TPSA) is 87.7 Å². The molecule has 1 saturated heterocycles. The maximum absolute atomic E-state index is 13.4. The largest absolute Gasteiger partial charge is 0.458 e. The molecule has 0 spiro atoms. The number of fused-ring (bicyclic) bond motifs is 4. The lowest BCUT2D eigenvalue weighted by atomic mass is 10.1. The van der Waals surface area contributed by atoms with Crippen molar-refractivity contribution in [2.45, 2.75) is 25.2 Å². The van der Waals surface area contributed by atoms with E-state index in [2.05, 4.69) is 15.3 Å². The van der Waals surface area contributed by atoms with E-state index < -0.39 is 35.9 Å². The zero-order valence-electron chi connectivity index (χ0n) is 18.5. The smallest absolute Gasteiger partial charge is 0.416 e. The molecule has 35 heavy (non-hydrogen) atoms. The normalized spacial score (nSPS) is 18.7. The van der Waals surface area contributed by atoms with Crippen LogP contribution in [0.4, 0.5) is 35.3 Å². The minimum atomic E-state index is -4.50. The summed E-state index contributed by atoms with van der Waals surface area (Å²) < 4.78 is 45.2. The molecule has 0 unspecified atom stereocenters. The maximum Gasteiger partial charge on any atom is 0.416 e. The van der Waals surface area contributed by atoms with Crippen LogP contribution in [0.25, 0.3) is 11.3 Å². The molecule has 180 valence electrons. The molecule has 2 aliphatic heterocycles. The molecule has 11 heteroatoms. The molecule has 1 N–H and O–H groups in total. The second-order valence-electron chi connectivity index (χ2n) is 8.25. The molecular formula is C24H20F3N5O3. The van der Waals surface area contributed by atoms with E-state index in [1.165, 1.54) is 30.2 Å². The number of halogens is 3. The number of carbonyl (C=O) groups is 2. The number of pyridine rings is 2. The van der Waals surface area contributed by atoms with Gasteiger partial charge in [-0.15, -0.1) is 0 Å². The predicted molar refractivity (Wildman–Crippen MR) is 122 cm³/mol. The third-order valence-electron chi connectivity index (χ3n) is 5.91. The molecule has 2 aliphatic rings. The van der Waals surface area contributed by atoms with Crippen LogP contribution in [0, 0.1) is 0 Å². The maximum atomic E-state index is 13.4. The number of alkyl halides is 3. The zero-order valence-corrected chi connectivity index (χ0v) is 18.5. The first kappa shape index (κ1) is 22.6. The molecule has 2 atom stereocenters. The van der Waals surface area contributed by atoms with Gasteiger partial charge in [-0.1, -0.05) is 18.2 Å². The van der Waals surface area contributed by atoms with E-state index in [0.717, 1.165) is 12.1 Å². The molecule has 5 rings (SSSR count). The quantitative estimate of drug-likeness (QED) is 0.558. The number of benzene rings is 1. The van der Waals surface area contributed by atoms with Crippen LogP contribution in [0.15, 0.2) is 60.8 Å². The molecular weight excluding hydrogens is 463 g/mol. The highest BCUT2D eigenvalue weighted by molar-refractivity contribution is 6.04. The number of nitrogens with one attached hydrogen (secondary N) is 1. The van der Waals surface area contributed by atoms with Gasteiger partial charge in [0.2, 0.25) is 0 Å². The lowest BCUT2D eigenvalue weighted by molar-refractivity contribution is -0.145. The van der Waals surface area contributed by atoms with E-state index in [9.17, 15) is 22.8 Å². The highest BCUT2D eigenvalue weighted by Crippen LogP contribution is 2.41. The Balaban J connectivity index is 1.56. The monoisotopic (exact) mass is 483 g/mol. The minimum Gasteiger partial charge on any atom is -0.458 e. The molecule has 3 aromatic rings. The SMILES string of the molecule is CC(=O)O[C@H]1CN2C[C@@H]1N(C(=O)Nc1ccccn1)c1nc(-c3cccc(C(F)(F)F)c3)ccc12. The molecule has 8 nitrogen and oxygen atoms in total. The number of carbonyl (C=O) groups excluding carboxylic acids is 2. The van der Waals surface area contributed by atoms with Crippen molar-refractivity contribution < 1.29 is 27.5 Å². The standard InChI is InChI=1S/C24H20F3N5O3/c1-14(33)35-20-13-31-12-19(20)32(23(34)30-21-7-2-3-10-28-21)22-18(31)9-8-17(29-22)15-5-4-6-16(11-15)24(25,26)27/h2-11,19-20H,12-13H2,1H3,(H,28,30,34)/t19-,20-/m0/s1. The van der Waals surface area contributed by atoms with Crippen molar-refractivity contribution in [3.8, 4) is 11.3 Å². The summed E-state index contributed by atoms with van der Waals surface area (Å²) >= 11 is 0. The molecule has 2 amide bonds. The van der Waals surface area contributed by atoms with E-state index in [-0.39, 0.29) is 17.1 Å². The summed E-state index contributed by atoms with van der Waals surface area (Å²) in [4.78, 5) is 37.2. The van der Waals surface area contributed by atoms with Crippen LogP contribution in [0.5, 0.6) is 0 Å². The molecule has 0 saturated carbocycles. The van der Waals surface area contributed by atoms with Crippen molar-refractivity contribution in [3.05, 3.63) is 66.4 Å². The summed E-state index contributed by atoms with van der Waals surface area (Å²) in [5.74, 6) is 0.104. The minimum absolute atomic E-state index is 0.261. The number of aromatic nitrogens is 2. The number of urea groups is 1. The van der Waals surface area contributed by atoms with Crippen LogP contribution in [-0.2, 0) is 15.7 Å². The van der Waals surface area contributed by atoms with Crippen molar-refractivity contribution in [1.82, 2.24) is 9.97 Å². The van der Waals surface area contributed by atoms with E-state index >= 15 is 0 Å². The van der Waals surface area contributed by atoms with Crippen molar-refractivity contribution in [2.24, 2.45) is 0 Å². The second-order valence-corrected chi connectivity index (χ2v) is 8.25. The highest BCUT2D eigenvalue weighted by atomic mass is 19.4. The Bertz CT molecular complexity index is 1280. The molecule has 2 aromatic heterocycles. The number of anilines is 3. The number of esters is 1. The lowest BCUT2D eigenvalue weighted by Crippen LogP contribution is -2.52. The third-order valence-corrected chi connectivity index (χ3v) is 5.91. The van der Waals surface area contributed by atoms with Crippen LogP contribution in [-0.4, -0.2) is 47.2 Å². The van der Waals surface area contributed by atoms with E-state index in [1.807, 2.05) is 4.90 Å². The summed E-state index contributed by atoms with van der Waals surface area (Å²) in [5.41, 5.74) is 0.356. The molecule has 0 radical (unpaired) electrons. The Morgan fingerprint density at radius 2 is 1.91 bits per heavy atom. The number of hydrogen-bond acceptors (Lipinski definition) is 6. The van der Waals surface area contributed by atoms with Gasteiger partial charge in [0.25, 0.3) is 0 Å². The number of hydrogen-bond donors (Lipinski definition) is 1. The van der Waals surface area contributed by atoms with Gasteiger partial charge in [-0.25, -0.2) is 14.8 Å². The molecule has 1 fully saturated rings. The summed E-state index contributed by atoms with van der Waals surface area (Å²) in [6.45, 7) is 2.06. The third kappa shape index (κ3) is 4.36. The van der Waals surface area contributed by atoms with Gasteiger partial charge in [-0.2, -0.15) is 13.2 Å². The number of rotatable bonds is 3. The molecule has 0 aliphatic carbocycles. The van der Waals surface area contributed by atoms with Gasteiger partial charge in [-0.05, 0) is 36.4 Å². The fourth-order valence-corrected chi connectivity index (χ4v) is 4.42. The van der Waals surface area contributed by atoms with Crippen molar-refractivity contribution in [2.75, 3.05) is 28.2 Å². The fraction of sp³-hybridized carbons (Fsp3) is 0.250. The Kier molecular flexibility index (Phi) is 5.54. The van der Waals surface area contributed by atoms with E-state index in [0.29, 0.717) is 24.6 Å². The average Bonchev–Trinajstić information content (AvgIpc) is 3.16. The van der Waals surface area contributed by atoms with Crippen LogP contribution < -0.4 is 15.1 Å². The van der Waals surface area contributed by atoms with Gasteiger partial charge in [0.05, 0.1) is 29.5 Å². The van der Waals surface area contributed by atoms with Gasteiger partial charge in [0, 0.05) is 25.2 Å². The first-order chi connectivity index (χ1) is 16.7. The second kappa shape index (κ2) is 8.57. The van der Waals surface area contributed by atoms with Crippen LogP contribution in [0.1, 0.15) is 12.5 Å². The summed E-state index contributed by atoms with van der Waals surface area (Å²) in [6, 6.07) is 12.2.